The van der Waals surface area contributed by atoms with Crippen LogP contribution in [0, 0.1) is 5.92 Å². The highest BCUT2D eigenvalue weighted by Crippen LogP contribution is 2.40. The second-order valence-corrected chi connectivity index (χ2v) is 8.21. The van der Waals surface area contributed by atoms with Gasteiger partial charge in [-0.05, 0) is 31.6 Å². The van der Waals surface area contributed by atoms with Crippen LogP contribution in [0.5, 0.6) is 0 Å². The first-order valence-corrected chi connectivity index (χ1v) is 10.1. The molecule has 2 aromatic rings. The van der Waals surface area contributed by atoms with Gasteiger partial charge in [0.2, 0.25) is 0 Å². The first kappa shape index (κ1) is 17.0. The lowest BCUT2D eigenvalue weighted by Gasteiger charge is -2.34. The second kappa shape index (κ2) is 7.11. The monoisotopic (exact) mass is 370 g/mol. The van der Waals surface area contributed by atoms with Crippen molar-refractivity contribution in [2.24, 2.45) is 5.92 Å². The van der Waals surface area contributed by atoms with E-state index in [2.05, 4.69) is 14.7 Å². The predicted octanol–water partition coefficient (Wildman–Crippen LogP) is 3.15. The molecule has 3 heterocycles. The zero-order chi connectivity index (χ0) is 18.2. The number of imidazole rings is 1. The van der Waals surface area contributed by atoms with E-state index in [0.717, 1.165) is 30.9 Å². The molecule has 27 heavy (non-hydrogen) atoms. The van der Waals surface area contributed by atoms with Crippen LogP contribution in [0.15, 0.2) is 23.1 Å². The third-order valence-electron chi connectivity index (χ3n) is 6.08. The third kappa shape index (κ3) is 3.52. The molecule has 0 radical (unpaired) electrons. The molecule has 0 aromatic carbocycles. The van der Waals surface area contributed by atoms with Crippen LogP contribution >= 0.6 is 0 Å². The molecule has 2 fully saturated rings. The minimum atomic E-state index is -0.0705. The zero-order valence-corrected chi connectivity index (χ0v) is 15.5. The van der Waals surface area contributed by atoms with Gasteiger partial charge in [0.1, 0.15) is 5.76 Å². The normalized spacial score (nSPS) is 23.0. The lowest BCUT2D eigenvalue weighted by molar-refractivity contribution is 0.0429. The molecule has 2 aliphatic carbocycles. The zero-order valence-electron chi connectivity index (χ0n) is 15.5. The molecule has 1 atom stereocenters. The van der Waals surface area contributed by atoms with Crippen LogP contribution in [0.2, 0.25) is 0 Å². The van der Waals surface area contributed by atoms with Crippen molar-refractivity contribution in [2.75, 3.05) is 19.8 Å². The number of rotatable bonds is 6. The highest BCUT2D eigenvalue weighted by atomic mass is 16.5. The summed E-state index contributed by atoms with van der Waals surface area (Å²) in [6.07, 6.45) is 11.2. The minimum absolute atomic E-state index is 0.0705. The fraction of sp³-hybridized carbons (Fsp3) is 0.650. The SMILES string of the molecule is O=C(c1cc(C2CC2)on1)N1Cc2cncn2[C@H](COCC2CCCC2)C1. The van der Waals surface area contributed by atoms with E-state index in [1.54, 1.807) is 0 Å². The van der Waals surface area contributed by atoms with Crippen molar-refractivity contribution in [3.63, 3.8) is 0 Å². The molecule has 2 saturated carbocycles. The van der Waals surface area contributed by atoms with Crippen molar-refractivity contribution in [1.82, 2.24) is 19.6 Å². The summed E-state index contributed by atoms with van der Waals surface area (Å²) in [6, 6.07) is 1.91. The molecule has 0 N–H and O–H groups in total. The van der Waals surface area contributed by atoms with Gasteiger partial charge in [-0.1, -0.05) is 18.0 Å². The average molecular weight is 370 g/mol. The summed E-state index contributed by atoms with van der Waals surface area (Å²) >= 11 is 0. The highest BCUT2D eigenvalue weighted by molar-refractivity contribution is 5.92. The molecule has 0 bridgehead atoms. The van der Waals surface area contributed by atoms with Crippen molar-refractivity contribution < 1.29 is 14.1 Å². The first-order valence-electron chi connectivity index (χ1n) is 10.1. The van der Waals surface area contributed by atoms with E-state index in [0.29, 0.717) is 37.2 Å². The Morgan fingerprint density at radius 3 is 2.89 bits per heavy atom. The largest absolute Gasteiger partial charge is 0.379 e. The number of nitrogens with zero attached hydrogens (tertiary/aromatic N) is 4. The van der Waals surface area contributed by atoms with Crippen LogP contribution in [-0.2, 0) is 11.3 Å². The van der Waals surface area contributed by atoms with Gasteiger partial charge in [-0.2, -0.15) is 0 Å². The maximum Gasteiger partial charge on any atom is 0.276 e. The van der Waals surface area contributed by atoms with E-state index in [-0.39, 0.29) is 11.9 Å². The Kier molecular flexibility index (Phi) is 4.47. The third-order valence-corrected chi connectivity index (χ3v) is 6.08. The van der Waals surface area contributed by atoms with Crippen molar-refractivity contribution in [3.8, 4) is 0 Å². The summed E-state index contributed by atoms with van der Waals surface area (Å²) in [5, 5.41) is 4.02. The van der Waals surface area contributed by atoms with Crippen LogP contribution in [0.1, 0.15) is 72.4 Å². The summed E-state index contributed by atoms with van der Waals surface area (Å²) in [6.45, 7) is 2.58. The van der Waals surface area contributed by atoms with E-state index in [1.807, 2.05) is 23.5 Å². The molecule has 7 heteroatoms. The predicted molar refractivity (Wildman–Crippen MR) is 97.3 cm³/mol. The summed E-state index contributed by atoms with van der Waals surface area (Å²) in [5.74, 6) is 1.93. The molecular formula is C20H26N4O3. The number of amides is 1. The molecular weight excluding hydrogens is 344 g/mol. The maximum absolute atomic E-state index is 12.9. The number of hydrogen-bond donors (Lipinski definition) is 0. The van der Waals surface area contributed by atoms with Gasteiger partial charge in [0.05, 0.1) is 31.2 Å². The van der Waals surface area contributed by atoms with Crippen molar-refractivity contribution in [1.29, 1.82) is 0 Å². The van der Waals surface area contributed by atoms with Gasteiger partial charge in [0.25, 0.3) is 5.91 Å². The van der Waals surface area contributed by atoms with Gasteiger partial charge >= 0.3 is 0 Å². The van der Waals surface area contributed by atoms with Crippen LogP contribution in [0.4, 0.5) is 0 Å². The fourth-order valence-corrected chi connectivity index (χ4v) is 4.33. The minimum Gasteiger partial charge on any atom is -0.379 e. The van der Waals surface area contributed by atoms with Crippen molar-refractivity contribution in [3.05, 3.63) is 35.7 Å². The lowest BCUT2D eigenvalue weighted by Crippen LogP contribution is -2.42. The molecule has 3 aliphatic rings. The Hall–Kier alpha value is -2.15. The van der Waals surface area contributed by atoms with Crippen molar-refractivity contribution >= 4 is 5.91 Å². The Morgan fingerprint density at radius 1 is 1.22 bits per heavy atom. The van der Waals surface area contributed by atoms with Gasteiger partial charge in [-0.25, -0.2) is 4.98 Å². The quantitative estimate of drug-likeness (QED) is 0.781. The number of hydrogen-bond acceptors (Lipinski definition) is 5. The highest BCUT2D eigenvalue weighted by Gasteiger charge is 2.33. The van der Waals surface area contributed by atoms with Gasteiger partial charge in [0.15, 0.2) is 5.69 Å². The van der Waals surface area contributed by atoms with E-state index >= 15 is 0 Å². The molecule has 0 spiro atoms. The molecule has 0 saturated heterocycles. The topological polar surface area (TPSA) is 73.4 Å². The Labute approximate surface area is 158 Å². The molecule has 7 nitrogen and oxygen atoms in total. The smallest absolute Gasteiger partial charge is 0.276 e. The lowest BCUT2D eigenvalue weighted by atomic mass is 10.1. The average Bonchev–Trinajstić information content (AvgIpc) is 3.11. The maximum atomic E-state index is 12.9. The standard InChI is InChI=1S/C20H26N4O3/c25-20(18-7-19(27-22-18)15-5-6-15)23-9-16-8-21-13-24(16)17(10-23)12-26-11-14-3-1-2-4-14/h7-8,13-15,17H,1-6,9-12H2/t17-/m0/s1. The summed E-state index contributed by atoms with van der Waals surface area (Å²) in [5.41, 5.74) is 1.45. The number of carbonyl (C=O) groups excluding carboxylic acids is 1. The van der Waals surface area contributed by atoms with E-state index in [9.17, 15) is 4.79 Å². The number of carbonyl (C=O) groups is 1. The number of ether oxygens (including phenoxy) is 1. The fourth-order valence-electron chi connectivity index (χ4n) is 4.33. The molecule has 1 amide bonds. The Morgan fingerprint density at radius 2 is 2.07 bits per heavy atom. The molecule has 2 aromatic heterocycles. The van der Waals surface area contributed by atoms with Gasteiger partial charge in [-0.3, -0.25) is 4.79 Å². The Balaban J connectivity index is 1.25. The van der Waals surface area contributed by atoms with E-state index in [4.69, 9.17) is 9.26 Å². The molecule has 1 aliphatic heterocycles. The van der Waals surface area contributed by atoms with E-state index in [1.165, 1.54) is 25.7 Å². The van der Waals surface area contributed by atoms with Crippen molar-refractivity contribution in [2.45, 2.75) is 57.0 Å². The first-order chi connectivity index (χ1) is 13.3. The van der Waals surface area contributed by atoms with Gasteiger partial charge < -0.3 is 18.7 Å². The van der Waals surface area contributed by atoms with Gasteiger partial charge in [0, 0.05) is 31.3 Å². The summed E-state index contributed by atoms with van der Waals surface area (Å²) < 4.78 is 13.6. The number of fused-ring (bicyclic) bond motifs is 1. The van der Waals surface area contributed by atoms with E-state index < -0.39 is 0 Å². The molecule has 144 valence electrons. The van der Waals surface area contributed by atoms with Crippen LogP contribution in [0.25, 0.3) is 0 Å². The molecule has 0 unspecified atom stereocenters. The summed E-state index contributed by atoms with van der Waals surface area (Å²) in [7, 11) is 0. The molecule has 5 rings (SSSR count). The summed E-state index contributed by atoms with van der Waals surface area (Å²) in [4.78, 5) is 19.1. The van der Waals surface area contributed by atoms with Gasteiger partial charge in [-0.15, -0.1) is 0 Å². The Bertz CT molecular complexity index is 804. The van der Waals surface area contributed by atoms with Crippen LogP contribution < -0.4 is 0 Å². The van der Waals surface area contributed by atoms with Crippen LogP contribution in [0.3, 0.4) is 0 Å². The number of aromatic nitrogens is 3. The van der Waals surface area contributed by atoms with Crippen LogP contribution in [-0.4, -0.2) is 45.3 Å². The second-order valence-electron chi connectivity index (χ2n) is 8.21.